The molecule has 1 fully saturated rings. The Bertz CT molecular complexity index is 628. The molecule has 3 nitrogen and oxygen atoms in total. The highest BCUT2D eigenvalue weighted by atomic mass is 16.3. The van der Waals surface area contributed by atoms with E-state index >= 15 is 0 Å². The zero-order chi connectivity index (χ0) is 13.9. The molecule has 3 rings (SSSR count). The molecule has 0 radical (unpaired) electrons. The van der Waals surface area contributed by atoms with Gasteiger partial charge in [0.25, 0.3) is 5.91 Å². The fourth-order valence-electron chi connectivity index (χ4n) is 2.87. The van der Waals surface area contributed by atoms with Crippen molar-refractivity contribution in [1.29, 1.82) is 0 Å². The highest BCUT2D eigenvalue weighted by Crippen LogP contribution is 2.29. The molecule has 1 heterocycles. The van der Waals surface area contributed by atoms with Gasteiger partial charge in [0, 0.05) is 18.5 Å². The van der Waals surface area contributed by atoms with Gasteiger partial charge in [-0.3, -0.25) is 4.79 Å². The number of hydrogen-bond donors (Lipinski definition) is 1. The van der Waals surface area contributed by atoms with Crippen molar-refractivity contribution in [1.82, 2.24) is 4.90 Å². The Balaban J connectivity index is 1.96. The molecule has 1 N–H and O–H groups in total. The van der Waals surface area contributed by atoms with Crippen LogP contribution in [-0.2, 0) is 0 Å². The maximum Gasteiger partial charge on any atom is 0.257 e. The summed E-state index contributed by atoms with van der Waals surface area (Å²) in [6.07, 6.45) is 4.49. The van der Waals surface area contributed by atoms with Crippen LogP contribution in [0.5, 0.6) is 5.75 Å². The number of rotatable bonds is 1. The van der Waals surface area contributed by atoms with Gasteiger partial charge < -0.3 is 10.0 Å². The summed E-state index contributed by atoms with van der Waals surface area (Å²) in [5, 5.41) is 12.1. The Kier molecular flexibility index (Phi) is 3.59. The third-order valence-electron chi connectivity index (χ3n) is 4.02. The standard InChI is InChI=1S/C17H19NO2/c19-16-14-8-4-3-7-13(14)9-10-15(16)17(20)18-11-5-1-2-6-12-18/h3-4,7-10,19H,1-2,5-6,11-12H2. The second-order valence-electron chi connectivity index (χ2n) is 5.39. The topological polar surface area (TPSA) is 40.5 Å². The lowest BCUT2D eigenvalue weighted by Gasteiger charge is -2.21. The lowest BCUT2D eigenvalue weighted by atomic mass is 10.0. The minimum Gasteiger partial charge on any atom is -0.506 e. The van der Waals surface area contributed by atoms with Crippen LogP contribution in [-0.4, -0.2) is 29.0 Å². The van der Waals surface area contributed by atoms with Crippen LogP contribution >= 0.6 is 0 Å². The van der Waals surface area contributed by atoms with Crippen molar-refractivity contribution >= 4 is 16.7 Å². The monoisotopic (exact) mass is 269 g/mol. The molecular formula is C17H19NO2. The summed E-state index contributed by atoms with van der Waals surface area (Å²) in [5.41, 5.74) is 0.422. The van der Waals surface area contributed by atoms with Crippen LogP contribution in [0, 0.1) is 0 Å². The Morgan fingerprint density at radius 3 is 2.40 bits per heavy atom. The van der Waals surface area contributed by atoms with Gasteiger partial charge in [0.15, 0.2) is 0 Å². The minimum absolute atomic E-state index is 0.0462. The molecule has 0 unspecified atom stereocenters. The predicted octanol–water partition coefficient (Wildman–Crippen LogP) is 3.56. The van der Waals surface area contributed by atoms with E-state index in [1.54, 1.807) is 6.07 Å². The number of nitrogens with zero attached hydrogens (tertiary/aromatic N) is 1. The van der Waals surface area contributed by atoms with Crippen LogP contribution in [0.1, 0.15) is 36.0 Å². The third-order valence-corrected chi connectivity index (χ3v) is 4.02. The van der Waals surface area contributed by atoms with Crippen molar-refractivity contribution in [3.8, 4) is 5.75 Å². The molecule has 3 heteroatoms. The van der Waals surface area contributed by atoms with E-state index < -0.39 is 0 Å². The molecule has 1 aliphatic heterocycles. The van der Waals surface area contributed by atoms with Crippen molar-refractivity contribution in [3.63, 3.8) is 0 Å². The maximum atomic E-state index is 12.6. The lowest BCUT2D eigenvalue weighted by Crippen LogP contribution is -2.31. The number of likely N-dealkylation sites (tertiary alicyclic amines) is 1. The van der Waals surface area contributed by atoms with Gasteiger partial charge in [-0.2, -0.15) is 0 Å². The average molecular weight is 269 g/mol. The van der Waals surface area contributed by atoms with Gasteiger partial charge in [-0.25, -0.2) is 0 Å². The highest BCUT2D eigenvalue weighted by Gasteiger charge is 2.20. The highest BCUT2D eigenvalue weighted by molar-refractivity contribution is 6.03. The lowest BCUT2D eigenvalue weighted by molar-refractivity contribution is 0.0759. The molecule has 0 saturated carbocycles. The van der Waals surface area contributed by atoms with Crippen molar-refractivity contribution < 1.29 is 9.90 Å². The van der Waals surface area contributed by atoms with Gasteiger partial charge in [0.05, 0.1) is 5.56 Å². The van der Waals surface area contributed by atoms with Gasteiger partial charge in [-0.1, -0.05) is 43.2 Å². The predicted molar refractivity (Wildman–Crippen MR) is 80.0 cm³/mol. The van der Waals surface area contributed by atoms with Gasteiger partial charge in [0.1, 0.15) is 5.75 Å². The van der Waals surface area contributed by atoms with Crippen LogP contribution in [0.4, 0.5) is 0 Å². The summed E-state index contributed by atoms with van der Waals surface area (Å²) in [4.78, 5) is 14.5. The fraction of sp³-hybridized carbons (Fsp3) is 0.353. The van der Waals surface area contributed by atoms with Crippen LogP contribution in [0.2, 0.25) is 0 Å². The number of fused-ring (bicyclic) bond motifs is 1. The molecule has 104 valence electrons. The summed E-state index contributed by atoms with van der Waals surface area (Å²) in [5.74, 6) is 0.0625. The van der Waals surface area contributed by atoms with E-state index in [-0.39, 0.29) is 11.7 Å². The normalized spacial score (nSPS) is 16.1. The Morgan fingerprint density at radius 1 is 0.950 bits per heavy atom. The first-order chi connectivity index (χ1) is 9.77. The van der Waals surface area contributed by atoms with Crippen LogP contribution < -0.4 is 0 Å². The fourth-order valence-corrected chi connectivity index (χ4v) is 2.87. The molecule has 2 aromatic carbocycles. The van der Waals surface area contributed by atoms with Gasteiger partial charge in [-0.05, 0) is 24.3 Å². The zero-order valence-electron chi connectivity index (χ0n) is 11.5. The Hall–Kier alpha value is -2.03. The average Bonchev–Trinajstić information content (AvgIpc) is 2.76. The van der Waals surface area contributed by atoms with E-state index in [0.29, 0.717) is 5.56 Å². The van der Waals surface area contributed by atoms with Crippen molar-refractivity contribution in [2.75, 3.05) is 13.1 Å². The number of phenolic OH excluding ortho intramolecular Hbond substituents is 1. The molecule has 1 amide bonds. The summed E-state index contributed by atoms with van der Waals surface area (Å²) in [6.45, 7) is 1.59. The van der Waals surface area contributed by atoms with E-state index in [1.165, 1.54) is 12.8 Å². The second-order valence-corrected chi connectivity index (χ2v) is 5.39. The molecule has 1 saturated heterocycles. The Morgan fingerprint density at radius 2 is 1.65 bits per heavy atom. The number of benzene rings is 2. The summed E-state index contributed by atoms with van der Waals surface area (Å²) >= 11 is 0. The smallest absolute Gasteiger partial charge is 0.257 e. The van der Waals surface area contributed by atoms with Crippen LogP contribution in [0.25, 0.3) is 10.8 Å². The van der Waals surface area contributed by atoms with E-state index in [4.69, 9.17) is 0 Å². The molecular weight excluding hydrogens is 250 g/mol. The molecule has 20 heavy (non-hydrogen) atoms. The minimum atomic E-state index is -0.0462. The number of carbonyl (C=O) groups excluding carboxylic acids is 1. The molecule has 0 aromatic heterocycles. The van der Waals surface area contributed by atoms with Gasteiger partial charge in [-0.15, -0.1) is 0 Å². The number of hydrogen-bond acceptors (Lipinski definition) is 2. The van der Waals surface area contributed by atoms with Crippen molar-refractivity contribution in [2.24, 2.45) is 0 Å². The second kappa shape index (κ2) is 5.53. The first-order valence-corrected chi connectivity index (χ1v) is 7.27. The third kappa shape index (κ3) is 2.36. The molecule has 0 spiro atoms. The quantitative estimate of drug-likeness (QED) is 0.860. The van der Waals surface area contributed by atoms with E-state index in [0.717, 1.165) is 36.7 Å². The molecule has 1 aliphatic rings. The summed E-state index contributed by atoms with van der Waals surface area (Å²) in [7, 11) is 0. The molecule has 0 aliphatic carbocycles. The van der Waals surface area contributed by atoms with Gasteiger partial charge in [0.2, 0.25) is 0 Å². The summed E-state index contributed by atoms with van der Waals surface area (Å²) < 4.78 is 0. The number of phenols is 1. The van der Waals surface area contributed by atoms with Crippen molar-refractivity contribution in [3.05, 3.63) is 42.0 Å². The number of amides is 1. The molecule has 2 aromatic rings. The zero-order valence-corrected chi connectivity index (χ0v) is 11.5. The molecule has 0 bridgehead atoms. The number of aromatic hydroxyl groups is 1. The summed E-state index contributed by atoms with van der Waals surface area (Å²) in [6, 6.07) is 11.2. The van der Waals surface area contributed by atoms with E-state index in [9.17, 15) is 9.90 Å². The van der Waals surface area contributed by atoms with E-state index in [2.05, 4.69) is 0 Å². The SMILES string of the molecule is O=C(c1ccc2ccccc2c1O)N1CCCCCC1. The van der Waals surface area contributed by atoms with Crippen LogP contribution in [0.15, 0.2) is 36.4 Å². The largest absolute Gasteiger partial charge is 0.506 e. The van der Waals surface area contributed by atoms with Gasteiger partial charge >= 0.3 is 0 Å². The molecule has 0 atom stereocenters. The Labute approximate surface area is 118 Å². The maximum absolute atomic E-state index is 12.6. The van der Waals surface area contributed by atoms with Crippen molar-refractivity contribution in [2.45, 2.75) is 25.7 Å². The number of carbonyl (C=O) groups is 1. The first kappa shape index (κ1) is 13.0. The first-order valence-electron chi connectivity index (χ1n) is 7.27. The van der Waals surface area contributed by atoms with Crippen LogP contribution in [0.3, 0.4) is 0 Å². The van der Waals surface area contributed by atoms with E-state index in [1.807, 2.05) is 35.2 Å².